The summed E-state index contributed by atoms with van der Waals surface area (Å²) in [7, 11) is 0. The van der Waals surface area contributed by atoms with Gasteiger partial charge in [0.2, 0.25) is 0 Å². The Morgan fingerprint density at radius 3 is 2.44 bits per heavy atom. The molecule has 5 nitrogen and oxygen atoms in total. The van der Waals surface area contributed by atoms with Crippen molar-refractivity contribution in [2.24, 2.45) is 0 Å². The molecule has 1 fully saturated rings. The van der Waals surface area contributed by atoms with Gasteiger partial charge in [0.1, 0.15) is 11.4 Å². The van der Waals surface area contributed by atoms with Crippen LogP contribution in [0.2, 0.25) is 0 Å². The van der Waals surface area contributed by atoms with Crippen molar-refractivity contribution in [3.63, 3.8) is 0 Å². The Morgan fingerprint density at radius 1 is 1.24 bits per heavy atom. The molecule has 0 aromatic heterocycles. The highest BCUT2D eigenvalue weighted by Gasteiger charge is 2.31. The zero-order valence-corrected chi connectivity index (χ0v) is 14.5. The van der Waals surface area contributed by atoms with Crippen molar-refractivity contribution in [2.75, 3.05) is 19.6 Å². The fourth-order valence-corrected chi connectivity index (χ4v) is 2.57. The lowest BCUT2D eigenvalue weighted by molar-refractivity contribution is -0.274. The van der Waals surface area contributed by atoms with E-state index in [2.05, 4.69) is 10.1 Å². The smallest absolute Gasteiger partial charge is 0.444 e. The van der Waals surface area contributed by atoms with Crippen LogP contribution >= 0.6 is 0 Å². The number of halogens is 3. The fraction of sp³-hybridized carbons (Fsp3) is 0.588. The monoisotopic (exact) mass is 360 g/mol. The number of carbonyl (C=O) groups excluding carboxylic acids is 1. The van der Waals surface area contributed by atoms with Crippen LogP contribution in [-0.4, -0.2) is 48.6 Å². The molecule has 0 unspecified atom stereocenters. The molecule has 1 heterocycles. The first-order valence-electron chi connectivity index (χ1n) is 8.08. The van der Waals surface area contributed by atoms with Crippen LogP contribution in [0, 0.1) is 0 Å². The van der Waals surface area contributed by atoms with E-state index in [1.807, 2.05) is 20.8 Å². The van der Waals surface area contributed by atoms with Gasteiger partial charge in [0, 0.05) is 25.7 Å². The molecule has 1 amide bonds. The molecule has 1 aromatic carbocycles. The Morgan fingerprint density at radius 2 is 1.88 bits per heavy atom. The molecule has 8 heteroatoms. The zero-order valence-electron chi connectivity index (χ0n) is 14.5. The molecule has 1 aliphatic rings. The highest BCUT2D eigenvalue weighted by atomic mass is 19.4. The van der Waals surface area contributed by atoms with Gasteiger partial charge >= 0.3 is 12.5 Å². The number of piperazine rings is 1. The summed E-state index contributed by atoms with van der Waals surface area (Å²) in [6, 6.07) is 5.77. The topological polar surface area (TPSA) is 50.8 Å². The third kappa shape index (κ3) is 6.81. The SMILES string of the molecule is CC(C)(C)OC(=O)N1CCN[C@@H](Cc2ccc(OC(F)(F)F)cc2)C1. The minimum absolute atomic E-state index is 0.00986. The zero-order chi connectivity index (χ0) is 18.7. The maximum absolute atomic E-state index is 12.2. The van der Waals surface area contributed by atoms with Crippen molar-refractivity contribution in [1.29, 1.82) is 0 Å². The minimum Gasteiger partial charge on any atom is -0.444 e. The summed E-state index contributed by atoms with van der Waals surface area (Å²) in [5.74, 6) is -0.247. The molecule has 0 aliphatic carbocycles. The quantitative estimate of drug-likeness (QED) is 0.898. The first-order valence-corrected chi connectivity index (χ1v) is 8.08. The van der Waals surface area contributed by atoms with Crippen LogP contribution in [0.1, 0.15) is 26.3 Å². The maximum Gasteiger partial charge on any atom is 0.573 e. The van der Waals surface area contributed by atoms with Crippen LogP contribution in [-0.2, 0) is 11.2 Å². The van der Waals surface area contributed by atoms with Gasteiger partial charge in [-0.15, -0.1) is 13.2 Å². The third-order valence-electron chi connectivity index (χ3n) is 3.55. The van der Waals surface area contributed by atoms with E-state index in [9.17, 15) is 18.0 Å². The highest BCUT2D eigenvalue weighted by molar-refractivity contribution is 5.68. The van der Waals surface area contributed by atoms with Gasteiger partial charge in [0.15, 0.2) is 0 Å². The van der Waals surface area contributed by atoms with Crippen molar-refractivity contribution in [2.45, 2.75) is 45.2 Å². The summed E-state index contributed by atoms with van der Waals surface area (Å²) < 4.78 is 45.7. The lowest BCUT2D eigenvalue weighted by Gasteiger charge is -2.35. The summed E-state index contributed by atoms with van der Waals surface area (Å²) in [5.41, 5.74) is 0.309. The number of hydrogen-bond donors (Lipinski definition) is 1. The van der Waals surface area contributed by atoms with Crippen LogP contribution in [0.4, 0.5) is 18.0 Å². The first-order chi connectivity index (χ1) is 11.5. The predicted octanol–water partition coefficient (Wildman–Crippen LogP) is 3.34. The van der Waals surface area contributed by atoms with Crippen molar-refractivity contribution in [1.82, 2.24) is 10.2 Å². The summed E-state index contributed by atoms with van der Waals surface area (Å²) in [5, 5.41) is 3.31. The van der Waals surface area contributed by atoms with Crippen LogP contribution in [0.25, 0.3) is 0 Å². The number of nitrogens with zero attached hydrogens (tertiary/aromatic N) is 1. The largest absolute Gasteiger partial charge is 0.573 e. The van der Waals surface area contributed by atoms with E-state index in [0.29, 0.717) is 26.1 Å². The second-order valence-electron chi connectivity index (χ2n) is 6.97. The van der Waals surface area contributed by atoms with Crippen LogP contribution in [0.15, 0.2) is 24.3 Å². The Balaban J connectivity index is 1.91. The van der Waals surface area contributed by atoms with E-state index < -0.39 is 12.0 Å². The number of carbonyl (C=O) groups is 1. The summed E-state index contributed by atoms with van der Waals surface area (Å²) >= 11 is 0. The van der Waals surface area contributed by atoms with Crippen LogP contribution < -0.4 is 10.1 Å². The number of nitrogens with one attached hydrogen (secondary N) is 1. The molecule has 1 atom stereocenters. The molecule has 1 saturated heterocycles. The lowest BCUT2D eigenvalue weighted by Crippen LogP contribution is -2.54. The summed E-state index contributed by atoms with van der Waals surface area (Å²) in [6.07, 6.45) is -4.46. The van der Waals surface area contributed by atoms with E-state index in [0.717, 1.165) is 5.56 Å². The molecule has 0 radical (unpaired) electrons. The van der Waals surface area contributed by atoms with Gasteiger partial charge in [0.25, 0.3) is 0 Å². The highest BCUT2D eigenvalue weighted by Crippen LogP contribution is 2.23. The molecule has 140 valence electrons. The molecule has 2 rings (SSSR count). The Kier molecular flexibility index (Phi) is 5.82. The average molecular weight is 360 g/mol. The molecule has 0 saturated carbocycles. The summed E-state index contributed by atoms with van der Waals surface area (Å²) in [4.78, 5) is 13.8. The second-order valence-corrected chi connectivity index (χ2v) is 6.97. The first kappa shape index (κ1) is 19.4. The van der Waals surface area contributed by atoms with E-state index >= 15 is 0 Å². The molecule has 1 aromatic rings. The van der Waals surface area contributed by atoms with Gasteiger partial charge in [-0.2, -0.15) is 0 Å². The van der Waals surface area contributed by atoms with E-state index in [4.69, 9.17) is 4.74 Å². The Hall–Kier alpha value is -1.96. The van der Waals surface area contributed by atoms with Gasteiger partial charge in [-0.1, -0.05) is 12.1 Å². The molecule has 0 spiro atoms. The van der Waals surface area contributed by atoms with Gasteiger partial charge in [-0.25, -0.2) is 4.79 Å². The molecule has 1 N–H and O–H groups in total. The molecular weight excluding hydrogens is 337 g/mol. The number of hydrogen-bond acceptors (Lipinski definition) is 4. The second kappa shape index (κ2) is 7.51. The summed E-state index contributed by atoms with van der Waals surface area (Å²) in [6.45, 7) is 7.12. The predicted molar refractivity (Wildman–Crippen MR) is 86.4 cm³/mol. The fourth-order valence-electron chi connectivity index (χ4n) is 2.57. The number of rotatable bonds is 3. The molecule has 0 bridgehead atoms. The number of amides is 1. The van der Waals surface area contributed by atoms with Crippen molar-refractivity contribution < 1.29 is 27.4 Å². The minimum atomic E-state index is -4.69. The number of ether oxygens (including phenoxy) is 2. The van der Waals surface area contributed by atoms with Gasteiger partial charge in [0.05, 0.1) is 0 Å². The van der Waals surface area contributed by atoms with Crippen molar-refractivity contribution >= 4 is 6.09 Å². The van der Waals surface area contributed by atoms with E-state index in [1.54, 1.807) is 17.0 Å². The third-order valence-corrected chi connectivity index (χ3v) is 3.55. The Bertz CT molecular complexity index is 582. The standard InChI is InChI=1S/C17H23F3N2O3/c1-16(2,3)25-15(23)22-9-8-21-13(11-22)10-12-4-6-14(7-5-12)24-17(18,19)20/h4-7,13,21H,8-11H2,1-3H3/t13-/m0/s1. The normalized spacial score (nSPS) is 18.8. The molecule has 1 aliphatic heterocycles. The molecular formula is C17H23F3N2O3. The number of alkyl halides is 3. The van der Waals surface area contributed by atoms with Gasteiger partial charge in [-0.05, 0) is 44.9 Å². The maximum atomic E-state index is 12.2. The van der Waals surface area contributed by atoms with Crippen LogP contribution in [0.3, 0.4) is 0 Å². The number of benzene rings is 1. The van der Waals surface area contributed by atoms with Crippen molar-refractivity contribution in [3.05, 3.63) is 29.8 Å². The van der Waals surface area contributed by atoms with Crippen molar-refractivity contribution in [3.8, 4) is 5.75 Å². The van der Waals surface area contributed by atoms with Gasteiger partial charge in [-0.3, -0.25) is 0 Å². The van der Waals surface area contributed by atoms with E-state index in [1.165, 1.54) is 12.1 Å². The average Bonchev–Trinajstić information content (AvgIpc) is 2.46. The van der Waals surface area contributed by atoms with Crippen LogP contribution in [0.5, 0.6) is 5.75 Å². The van der Waals surface area contributed by atoms with Gasteiger partial charge < -0.3 is 19.7 Å². The Labute approximate surface area is 145 Å². The lowest BCUT2D eigenvalue weighted by atomic mass is 10.0. The molecule has 25 heavy (non-hydrogen) atoms. The van der Waals surface area contributed by atoms with E-state index in [-0.39, 0.29) is 17.9 Å².